The standard InChI is InChI=1S/C13H18N4O/c1-3-7-14-13-15-8-6-12(17-13)16-10(2)11-5-4-9-18-11/h4-6,8-10H,3,7H2,1-2H3,(H2,14,15,16,17). The lowest BCUT2D eigenvalue weighted by Crippen LogP contribution is -2.09. The van der Waals surface area contributed by atoms with E-state index in [1.807, 2.05) is 25.1 Å². The molecular formula is C13H18N4O. The fourth-order valence-corrected chi connectivity index (χ4v) is 1.59. The van der Waals surface area contributed by atoms with E-state index in [1.54, 1.807) is 12.5 Å². The first-order chi connectivity index (χ1) is 8.79. The molecule has 2 N–H and O–H groups in total. The van der Waals surface area contributed by atoms with E-state index in [2.05, 4.69) is 27.5 Å². The van der Waals surface area contributed by atoms with Crippen LogP contribution in [0.4, 0.5) is 11.8 Å². The van der Waals surface area contributed by atoms with Gasteiger partial charge in [0.2, 0.25) is 5.95 Å². The number of nitrogens with one attached hydrogen (secondary N) is 2. The van der Waals surface area contributed by atoms with Gasteiger partial charge in [0.15, 0.2) is 0 Å². The molecule has 0 bridgehead atoms. The molecule has 0 aliphatic carbocycles. The molecule has 0 fully saturated rings. The Kier molecular flexibility index (Phi) is 4.17. The van der Waals surface area contributed by atoms with Crippen molar-refractivity contribution in [2.45, 2.75) is 26.3 Å². The zero-order chi connectivity index (χ0) is 12.8. The normalized spacial score (nSPS) is 12.1. The third kappa shape index (κ3) is 3.23. The predicted molar refractivity (Wildman–Crippen MR) is 71.6 cm³/mol. The van der Waals surface area contributed by atoms with Gasteiger partial charge in [-0.05, 0) is 31.5 Å². The molecule has 5 nitrogen and oxygen atoms in total. The van der Waals surface area contributed by atoms with Crippen molar-refractivity contribution in [2.75, 3.05) is 17.2 Å². The van der Waals surface area contributed by atoms with E-state index in [4.69, 9.17) is 4.42 Å². The molecule has 2 aromatic rings. The molecule has 5 heteroatoms. The molecule has 1 atom stereocenters. The first kappa shape index (κ1) is 12.4. The molecule has 0 saturated carbocycles. The second kappa shape index (κ2) is 6.05. The first-order valence-electron chi connectivity index (χ1n) is 6.16. The number of hydrogen-bond acceptors (Lipinski definition) is 5. The fourth-order valence-electron chi connectivity index (χ4n) is 1.59. The van der Waals surface area contributed by atoms with E-state index in [-0.39, 0.29) is 6.04 Å². The Morgan fingerprint density at radius 2 is 2.28 bits per heavy atom. The van der Waals surface area contributed by atoms with Crippen molar-refractivity contribution in [3.8, 4) is 0 Å². The number of nitrogens with zero attached hydrogens (tertiary/aromatic N) is 2. The van der Waals surface area contributed by atoms with Gasteiger partial charge < -0.3 is 15.1 Å². The molecule has 2 rings (SSSR count). The van der Waals surface area contributed by atoms with Crippen LogP contribution in [-0.4, -0.2) is 16.5 Å². The van der Waals surface area contributed by atoms with Gasteiger partial charge >= 0.3 is 0 Å². The maximum Gasteiger partial charge on any atom is 0.224 e. The van der Waals surface area contributed by atoms with E-state index < -0.39 is 0 Å². The topological polar surface area (TPSA) is 63.0 Å². The Bertz CT molecular complexity index is 470. The Balaban J connectivity index is 2.00. The summed E-state index contributed by atoms with van der Waals surface area (Å²) in [7, 11) is 0. The Labute approximate surface area is 107 Å². The number of rotatable bonds is 6. The van der Waals surface area contributed by atoms with Crippen molar-refractivity contribution in [1.29, 1.82) is 0 Å². The van der Waals surface area contributed by atoms with E-state index in [1.165, 1.54) is 0 Å². The highest BCUT2D eigenvalue weighted by Crippen LogP contribution is 2.18. The molecule has 1 unspecified atom stereocenters. The molecule has 0 spiro atoms. The molecule has 0 saturated heterocycles. The van der Waals surface area contributed by atoms with Crippen LogP contribution in [-0.2, 0) is 0 Å². The third-order valence-corrected chi connectivity index (χ3v) is 2.52. The van der Waals surface area contributed by atoms with Gasteiger partial charge in [0.25, 0.3) is 0 Å². The van der Waals surface area contributed by atoms with Gasteiger partial charge in [-0.25, -0.2) is 4.98 Å². The van der Waals surface area contributed by atoms with Gasteiger partial charge in [-0.15, -0.1) is 0 Å². The highest BCUT2D eigenvalue weighted by molar-refractivity contribution is 5.40. The molecule has 0 aliphatic rings. The SMILES string of the molecule is CCCNc1nccc(NC(C)c2ccco2)n1. The van der Waals surface area contributed by atoms with Crippen LogP contribution in [0.1, 0.15) is 32.1 Å². The molecule has 0 radical (unpaired) electrons. The van der Waals surface area contributed by atoms with Gasteiger partial charge in [0.05, 0.1) is 12.3 Å². The van der Waals surface area contributed by atoms with Crippen LogP contribution in [0.2, 0.25) is 0 Å². The van der Waals surface area contributed by atoms with Crippen LogP contribution in [0, 0.1) is 0 Å². The number of aromatic nitrogens is 2. The average Bonchev–Trinajstić information content (AvgIpc) is 2.91. The van der Waals surface area contributed by atoms with E-state index in [9.17, 15) is 0 Å². The van der Waals surface area contributed by atoms with Crippen molar-refractivity contribution in [3.63, 3.8) is 0 Å². The molecule has 2 aromatic heterocycles. The molecule has 0 aliphatic heterocycles. The number of anilines is 2. The zero-order valence-electron chi connectivity index (χ0n) is 10.7. The Morgan fingerprint density at radius 3 is 3.00 bits per heavy atom. The van der Waals surface area contributed by atoms with Crippen LogP contribution < -0.4 is 10.6 Å². The molecule has 0 amide bonds. The summed E-state index contributed by atoms with van der Waals surface area (Å²) < 4.78 is 5.34. The lowest BCUT2D eigenvalue weighted by Gasteiger charge is -2.12. The van der Waals surface area contributed by atoms with E-state index in [0.717, 1.165) is 24.5 Å². The summed E-state index contributed by atoms with van der Waals surface area (Å²) in [6, 6.07) is 5.74. The summed E-state index contributed by atoms with van der Waals surface area (Å²) in [5.74, 6) is 2.32. The molecule has 18 heavy (non-hydrogen) atoms. The van der Waals surface area contributed by atoms with Gasteiger partial charge in [-0.1, -0.05) is 6.92 Å². The van der Waals surface area contributed by atoms with Gasteiger partial charge in [0.1, 0.15) is 11.6 Å². The van der Waals surface area contributed by atoms with Crippen molar-refractivity contribution >= 4 is 11.8 Å². The summed E-state index contributed by atoms with van der Waals surface area (Å²) in [5.41, 5.74) is 0. The van der Waals surface area contributed by atoms with Crippen molar-refractivity contribution in [1.82, 2.24) is 9.97 Å². The summed E-state index contributed by atoms with van der Waals surface area (Å²) in [5, 5.41) is 6.43. The van der Waals surface area contributed by atoms with Gasteiger partial charge in [-0.3, -0.25) is 0 Å². The van der Waals surface area contributed by atoms with Crippen LogP contribution in [0.3, 0.4) is 0 Å². The zero-order valence-corrected chi connectivity index (χ0v) is 10.7. The highest BCUT2D eigenvalue weighted by Gasteiger charge is 2.08. The lowest BCUT2D eigenvalue weighted by molar-refractivity contribution is 0.490. The minimum Gasteiger partial charge on any atom is -0.467 e. The van der Waals surface area contributed by atoms with Crippen LogP contribution in [0.5, 0.6) is 0 Å². The number of furan rings is 1. The van der Waals surface area contributed by atoms with Crippen LogP contribution >= 0.6 is 0 Å². The number of hydrogen-bond donors (Lipinski definition) is 2. The fraction of sp³-hybridized carbons (Fsp3) is 0.385. The monoisotopic (exact) mass is 246 g/mol. The smallest absolute Gasteiger partial charge is 0.224 e. The van der Waals surface area contributed by atoms with Crippen LogP contribution in [0.15, 0.2) is 35.1 Å². The van der Waals surface area contributed by atoms with Crippen molar-refractivity contribution in [3.05, 3.63) is 36.4 Å². The summed E-state index contributed by atoms with van der Waals surface area (Å²) in [6.07, 6.45) is 4.45. The minimum atomic E-state index is 0.0777. The summed E-state index contributed by atoms with van der Waals surface area (Å²) >= 11 is 0. The predicted octanol–water partition coefficient (Wildman–Crippen LogP) is 3.06. The minimum absolute atomic E-state index is 0.0777. The van der Waals surface area contributed by atoms with Gasteiger partial charge in [0, 0.05) is 12.7 Å². The molecule has 96 valence electrons. The average molecular weight is 246 g/mol. The Hall–Kier alpha value is -2.04. The third-order valence-electron chi connectivity index (χ3n) is 2.52. The largest absolute Gasteiger partial charge is 0.467 e. The maximum absolute atomic E-state index is 5.34. The maximum atomic E-state index is 5.34. The summed E-state index contributed by atoms with van der Waals surface area (Å²) in [6.45, 7) is 5.01. The van der Waals surface area contributed by atoms with Crippen molar-refractivity contribution in [2.24, 2.45) is 0 Å². The quantitative estimate of drug-likeness (QED) is 0.820. The highest BCUT2D eigenvalue weighted by atomic mass is 16.3. The summed E-state index contributed by atoms with van der Waals surface area (Å²) in [4.78, 5) is 8.55. The molecule has 0 aromatic carbocycles. The van der Waals surface area contributed by atoms with Crippen molar-refractivity contribution < 1.29 is 4.42 Å². The van der Waals surface area contributed by atoms with E-state index in [0.29, 0.717) is 5.95 Å². The second-order valence-electron chi connectivity index (χ2n) is 4.07. The lowest BCUT2D eigenvalue weighted by atomic mass is 10.2. The van der Waals surface area contributed by atoms with E-state index >= 15 is 0 Å². The van der Waals surface area contributed by atoms with Crippen LogP contribution in [0.25, 0.3) is 0 Å². The molecule has 2 heterocycles. The van der Waals surface area contributed by atoms with Gasteiger partial charge in [-0.2, -0.15) is 4.98 Å². The molecular weight excluding hydrogens is 228 g/mol. The second-order valence-corrected chi connectivity index (χ2v) is 4.07. The first-order valence-corrected chi connectivity index (χ1v) is 6.16. The Morgan fingerprint density at radius 1 is 1.39 bits per heavy atom.